The molecule has 0 amide bonds. The van der Waals surface area contributed by atoms with Gasteiger partial charge in [-0.2, -0.15) is 0 Å². The van der Waals surface area contributed by atoms with Crippen LogP contribution in [0.2, 0.25) is 0 Å². The van der Waals surface area contributed by atoms with Crippen LogP contribution in [0.15, 0.2) is 0 Å². The van der Waals surface area contributed by atoms with Crippen molar-refractivity contribution >= 4 is 7.82 Å². The number of phosphoric acid groups is 1. The van der Waals surface area contributed by atoms with Crippen LogP contribution in [0.1, 0.15) is 201 Å². The van der Waals surface area contributed by atoms with E-state index in [9.17, 15) is 9.46 Å². The number of hydrogen-bond donors (Lipinski definition) is 1. The predicted molar refractivity (Wildman–Crippen MR) is 208 cm³/mol. The first-order valence-electron chi connectivity index (χ1n) is 21.3. The maximum absolute atomic E-state index is 12.4. The van der Waals surface area contributed by atoms with Crippen molar-refractivity contribution in [3.8, 4) is 0 Å². The van der Waals surface area contributed by atoms with Crippen LogP contribution < -0.4 is 9.79 Å². The van der Waals surface area contributed by atoms with Gasteiger partial charge in [-0.1, -0.05) is 188 Å². The molecule has 0 aromatic carbocycles. The van der Waals surface area contributed by atoms with Gasteiger partial charge in [-0.3, -0.25) is 4.57 Å². The van der Waals surface area contributed by atoms with Gasteiger partial charge in [-0.05, 0) is 12.8 Å². The molecule has 0 radical (unpaired) electrons. The molecule has 0 aliphatic rings. The number of rotatable bonds is 41. The zero-order valence-electron chi connectivity index (χ0n) is 33.6. The van der Waals surface area contributed by atoms with E-state index in [1.807, 2.05) is 21.0 Å². The molecule has 1 unspecified atom stereocenters. The number of quaternary nitrogens is 1. The lowest BCUT2D eigenvalue weighted by molar-refractivity contribution is -0.858. The fourth-order valence-corrected chi connectivity index (χ4v) is 7.05. The number of hydrogen-bond acceptors (Lipinski definition) is 6. The molecule has 0 saturated heterocycles. The van der Waals surface area contributed by atoms with E-state index in [4.69, 9.17) is 18.5 Å². The Kier molecular flexibility index (Phi) is 36.3. The van der Waals surface area contributed by atoms with Gasteiger partial charge >= 0.3 is 0 Å². The van der Waals surface area contributed by atoms with Gasteiger partial charge in [-0.25, -0.2) is 0 Å². The summed E-state index contributed by atoms with van der Waals surface area (Å²) >= 11 is 0. The van der Waals surface area contributed by atoms with Crippen molar-refractivity contribution in [2.75, 3.05) is 60.3 Å². The Balaban J connectivity index is 4.15. The first-order valence-corrected chi connectivity index (χ1v) is 22.8. The smallest absolute Gasteiger partial charge is 0.268 e. The summed E-state index contributed by atoms with van der Waals surface area (Å²) in [6, 6.07) is 0. The first kappa shape index (κ1) is 49.0. The highest BCUT2D eigenvalue weighted by molar-refractivity contribution is 7.45. The minimum absolute atomic E-state index is 0.0000786. The van der Waals surface area contributed by atoms with E-state index in [1.54, 1.807) is 0 Å². The van der Waals surface area contributed by atoms with Crippen LogP contribution in [0.25, 0.3) is 0 Å². The average molecular weight is 720 g/mol. The van der Waals surface area contributed by atoms with Gasteiger partial charge in [0.2, 0.25) is 0 Å². The lowest BCUT2D eigenvalue weighted by Gasteiger charge is -2.32. The average Bonchev–Trinajstić information content (AvgIpc) is 3.07. The molecule has 0 saturated carbocycles. The molecule has 0 rings (SSSR count). The van der Waals surface area contributed by atoms with E-state index >= 15 is 0 Å². The minimum Gasteiger partial charge on any atom is -0.756 e. The largest absolute Gasteiger partial charge is 0.756 e. The van der Waals surface area contributed by atoms with Crippen molar-refractivity contribution in [2.24, 2.45) is 5.41 Å². The quantitative estimate of drug-likeness (QED) is 0.0500. The summed E-state index contributed by atoms with van der Waals surface area (Å²) < 4.78 is 35.0. The van der Waals surface area contributed by atoms with Crippen LogP contribution in [0.3, 0.4) is 0 Å². The van der Waals surface area contributed by atoms with Crippen LogP contribution in [-0.4, -0.2) is 60.3 Å². The van der Waals surface area contributed by atoms with Crippen molar-refractivity contribution in [3.05, 3.63) is 0 Å². The summed E-state index contributed by atoms with van der Waals surface area (Å²) in [5.41, 5.74) is -0.553. The third kappa shape index (κ3) is 37.6. The van der Waals surface area contributed by atoms with E-state index in [0.29, 0.717) is 33.0 Å². The Morgan fingerprint density at radius 3 is 1.08 bits per heavy atom. The predicted octanol–water partition coefficient (Wildman–Crippen LogP) is 10.6. The molecule has 0 aliphatic heterocycles. The Bertz CT molecular complexity index is 673. The van der Waals surface area contributed by atoms with Crippen LogP contribution in [-0.2, 0) is 23.1 Å². The van der Waals surface area contributed by atoms with Crippen molar-refractivity contribution in [1.82, 2.24) is 0 Å². The second kappa shape index (κ2) is 36.4. The molecule has 1 N–H and O–H groups in total. The molecule has 0 bridgehead atoms. The van der Waals surface area contributed by atoms with Gasteiger partial charge in [0.1, 0.15) is 13.2 Å². The second-order valence-electron chi connectivity index (χ2n) is 15.6. The maximum Gasteiger partial charge on any atom is 0.268 e. The van der Waals surface area contributed by atoms with Crippen molar-refractivity contribution in [1.29, 1.82) is 0 Å². The van der Waals surface area contributed by atoms with Crippen LogP contribution in [0.4, 0.5) is 0 Å². The van der Waals surface area contributed by atoms with E-state index in [2.05, 4.69) is 13.8 Å². The van der Waals surface area contributed by atoms with Gasteiger partial charge in [0.25, 0.3) is 7.82 Å². The summed E-state index contributed by atoms with van der Waals surface area (Å²) in [6.45, 7) is 9.45. The van der Waals surface area contributed by atoms with Crippen LogP contribution in [0, 0.1) is 5.41 Å². The second-order valence-corrected chi connectivity index (χ2v) is 17.0. The van der Waals surface area contributed by atoms with Crippen molar-refractivity contribution < 1.29 is 32.9 Å². The maximum atomic E-state index is 12.4. The van der Waals surface area contributed by atoms with Crippen molar-refractivity contribution in [2.45, 2.75) is 201 Å². The highest BCUT2D eigenvalue weighted by Gasteiger charge is 2.28. The van der Waals surface area contributed by atoms with Crippen LogP contribution in [0.5, 0.6) is 0 Å². The monoisotopic (exact) mass is 720 g/mol. The number of likely N-dealkylation sites (N-methyl/N-ethyl adjacent to an activating group) is 1. The van der Waals surface area contributed by atoms with Gasteiger partial charge in [-0.15, -0.1) is 0 Å². The molecule has 0 aliphatic carbocycles. The first-order chi connectivity index (χ1) is 23.7. The third-order valence-electron chi connectivity index (χ3n) is 9.61. The molecule has 49 heavy (non-hydrogen) atoms. The van der Waals surface area contributed by atoms with Crippen LogP contribution >= 0.6 is 7.82 Å². The minimum atomic E-state index is -4.37. The van der Waals surface area contributed by atoms with E-state index in [-0.39, 0.29) is 13.2 Å². The Labute approximate surface area is 306 Å². The third-order valence-corrected chi connectivity index (χ3v) is 10.6. The highest BCUT2D eigenvalue weighted by atomic mass is 31.2. The molecular formula is C41H86NO6P. The topological polar surface area (TPSA) is 81.5 Å². The molecule has 0 aromatic heterocycles. The van der Waals surface area contributed by atoms with Gasteiger partial charge < -0.3 is 28.3 Å². The number of ether oxygens (including phenoxy) is 2. The zero-order chi connectivity index (χ0) is 36.2. The summed E-state index contributed by atoms with van der Waals surface area (Å²) in [5, 5.41) is 0. The molecule has 8 heteroatoms. The highest BCUT2D eigenvalue weighted by Crippen LogP contribution is 2.40. The standard InChI is InChI=1S/C41H86NO6P/c1-6-8-10-12-14-16-18-20-22-24-26-28-30-32-35-45-38-41(3,40-48-49(43,44)47-37-34-42(4)5)39-46-36-33-31-29-27-25-23-21-19-17-15-13-11-9-7-2/h6-40H2,1-5H3,(H,43,44). The SMILES string of the molecule is CCCCCCCCCCCCCCCCOCC(C)(COCCCCCCCCCCCCCCCC)COP(=O)([O-])OCC[NH+](C)C. The molecule has 1 atom stereocenters. The lowest BCUT2D eigenvalue weighted by atomic mass is 9.94. The lowest BCUT2D eigenvalue weighted by Crippen LogP contribution is -3.06. The van der Waals surface area contributed by atoms with Gasteiger partial charge in [0.15, 0.2) is 0 Å². The fraction of sp³-hybridized carbons (Fsp3) is 1.00. The van der Waals surface area contributed by atoms with Crippen molar-refractivity contribution in [3.63, 3.8) is 0 Å². The number of nitrogens with one attached hydrogen (secondary N) is 1. The summed E-state index contributed by atoms with van der Waals surface area (Å²) in [7, 11) is -0.452. The molecule has 0 spiro atoms. The summed E-state index contributed by atoms with van der Waals surface area (Å²) in [4.78, 5) is 13.5. The Hall–Kier alpha value is -0.0100. The van der Waals surface area contributed by atoms with Gasteiger partial charge in [0, 0.05) is 18.6 Å². The number of unbranched alkanes of at least 4 members (excludes halogenated alkanes) is 26. The Morgan fingerprint density at radius 2 is 0.776 bits per heavy atom. The zero-order valence-corrected chi connectivity index (χ0v) is 34.5. The molecule has 0 fully saturated rings. The Morgan fingerprint density at radius 1 is 0.469 bits per heavy atom. The normalized spacial score (nSPS) is 13.4. The molecular weight excluding hydrogens is 633 g/mol. The molecule has 296 valence electrons. The van der Waals surface area contributed by atoms with Gasteiger partial charge in [0.05, 0.1) is 33.9 Å². The molecule has 0 heterocycles. The van der Waals surface area contributed by atoms with E-state index in [1.165, 1.54) is 167 Å². The van der Waals surface area contributed by atoms with E-state index in [0.717, 1.165) is 17.7 Å². The fourth-order valence-electron chi connectivity index (χ4n) is 6.19. The molecule has 0 aromatic rings. The molecule has 7 nitrogen and oxygen atoms in total. The summed E-state index contributed by atoms with van der Waals surface area (Å²) in [6.07, 6.45) is 37.3. The number of phosphoric ester groups is 1. The summed E-state index contributed by atoms with van der Waals surface area (Å²) in [5.74, 6) is 0. The van der Waals surface area contributed by atoms with E-state index < -0.39 is 13.2 Å².